The van der Waals surface area contributed by atoms with Crippen LogP contribution in [0.5, 0.6) is 11.5 Å². The van der Waals surface area contributed by atoms with Crippen LogP contribution >= 0.6 is 0 Å². The van der Waals surface area contributed by atoms with Crippen LogP contribution in [0.15, 0.2) is 12.1 Å². The van der Waals surface area contributed by atoms with Crippen LogP contribution in [0.4, 0.5) is 0 Å². The van der Waals surface area contributed by atoms with Gasteiger partial charge in [-0.2, -0.15) is 0 Å². The first-order chi connectivity index (χ1) is 7.98. The molecule has 0 spiro atoms. The number of ether oxygens (including phenoxy) is 1. The standard InChI is InChI=1S/C13H16O4/c1-8-5-9(10(14)6-11(8)17-2)13(3-4-13)7-12(15)16/h5-6,14H,3-4,7H2,1-2H3,(H,15,16). The van der Waals surface area contributed by atoms with E-state index in [2.05, 4.69) is 0 Å². The zero-order chi connectivity index (χ0) is 12.6. The minimum Gasteiger partial charge on any atom is -0.508 e. The smallest absolute Gasteiger partial charge is 0.304 e. The van der Waals surface area contributed by atoms with Gasteiger partial charge in [-0.1, -0.05) is 0 Å². The van der Waals surface area contributed by atoms with E-state index < -0.39 is 5.97 Å². The van der Waals surface area contributed by atoms with Crippen molar-refractivity contribution in [2.45, 2.75) is 31.6 Å². The van der Waals surface area contributed by atoms with Crippen molar-refractivity contribution in [3.63, 3.8) is 0 Å². The number of hydrogen-bond donors (Lipinski definition) is 2. The molecular formula is C13H16O4. The average Bonchev–Trinajstić information content (AvgIpc) is 3.00. The lowest BCUT2D eigenvalue weighted by molar-refractivity contribution is -0.137. The molecule has 17 heavy (non-hydrogen) atoms. The lowest BCUT2D eigenvalue weighted by Gasteiger charge is -2.17. The molecule has 4 heteroatoms. The van der Waals surface area contributed by atoms with Gasteiger partial charge in [-0.05, 0) is 31.4 Å². The summed E-state index contributed by atoms with van der Waals surface area (Å²) in [7, 11) is 1.55. The number of methoxy groups -OCH3 is 1. The fourth-order valence-corrected chi connectivity index (χ4v) is 2.30. The highest BCUT2D eigenvalue weighted by Crippen LogP contribution is 2.54. The molecule has 0 unspecified atom stereocenters. The maximum atomic E-state index is 10.8. The van der Waals surface area contributed by atoms with Gasteiger partial charge < -0.3 is 14.9 Å². The van der Waals surface area contributed by atoms with Gasteiger partial charge in [-0.3, -0.25) is 4.79 Å². The Morgan fingerprint density at radius 2 is 2.12 bits per heavy atom. The molecule has 1 aliphatic carbocycles. The van der Waals surface area contributed by atoms with Crippen LogP contribution in [-0.2, 0) is 10.2 Å². The van der Waals surface area contributed by atoms with Gasteiger partial charge in [0, 0.05) is 17.0 Å². The van der Waals surface area contributed by atoms with Crippen LogP contribution in [0.25, 0.3) is 0 Å². The number of phenols is 1. The minimum absolute atomic E-state index is 0.0757. The zero-order valence-corrected chi connectivity index (χ0v) is 9.99. The Morgan fingerprint density at radius 1 is 1.47 bits per heavy atom. The van der Waals surface area contributed by atoms with Gasteiger partial charge in [-0.25, -0.2) is 0 Å². The summed E-state index contributed by atoms with van der Waals surface area (Å²) < 4.78 is 5.12. The largest absolute Gasteiger partial charge is 0.508 e. The topological polar surface area (TPSA) is 66.8 Å². The molecule has 1 aromatic carbocycles. The number of aliphatic carboxylic acids is 1. The summed E-state index contributed by atoms with van der Waals surface area (Å²) in [6, 6.07) is 3.40. The van der Waals surface area contributed by atoms with E-state index in [4.69, 9.17) is 9.84 Å². The Balaban J connectivity index is 2.39. The molecule has 1 aromatic rings. The molecule has 0 bridgehead atoms. The number of aromatic hydroxyl groups is 1. The summed E-state index contributed by atoms with van der Waals surface area (Å²) in [6.45, 7) is 1.89. The molecule has 92 valence electrons. The van der Waals surface area contributed by atoms with E-state index in [0.717, 1.165) is 24.0 Å². The van der Waals surface area contributed by atoms with Crippen molar-refractivity contribution in [1.29, 1.82) is 0 Å². The highest BCUT2D eigenvalue weighted by molar-refractivity contribution is 5.71. The maximum Gasteiger partial charge on any atom is 0.304 e. The molecule has 2 N–H and O–H groups in total. The third kappa shape index (κ3) is 2.07. The predicted molar refractivity (Wildman–Crippen MR) is 62.6 cm³/mol. The quantitative estimate of drug-likeness (QED) is 0.841. The van der Waals surface area contributed by atoms with Crippen molar-refractivity contribution in [2.75, 3.05) is 7.11 Å². The molecule has 0 saturated heterocycles. The number of benzene rings is 1. The number of rotatable bonds is 4. The zero-order valence-electron chi connectivity index (χ0n) is 9.99. The number of carboxylic acids is 1. The molecule has 0 aliphatic heterocycles. The Morgan fingerprint density at radius 3 is 2.59 bits per heavy atom. The number of aryl methyl sites for hydroxylation is 1. The van der Waals surface area contributed by atoms with Gasteiger partial charge >= 0.3 is 5.97 Å². The first-order valence-corrected chi connectivity index (χ1v) is 5.58. The fraction of sp³-hybridized carbons (Fsp3) is 0.462. The van der Waals surface area contributed by atoms with E-state index in [1.807, 2.05) is 13.0 Å². The van der Waals surface area contributed by atoms with Crippen molar-refractivity contribution in [2.24, 2.45) is 0 Å². The van der Waals surface area contributed by atoms with Crippen molar-refractivity contribution in [3.8, 4) is 11.5 Å². The molecule has 1 fully saturated rings. The summed E-state index contributed by atoms with van der Waals surface area (Å²) >= 11 is 0. The average molecular weight is 236 g/mol. The summed E-state index contributed by atoms with van der Waals surface area (Å²) in [5, 5.41) is 18.9. The third-order valence-corrected chi connectivity index (χ3v) is 3.43. The normalized spacial score (nSPS) is 16.6. The molecule has 1 saturated carbocycles. The SMILES string of the molecule is COc1cc(O)c(C2(CC(=O)O)CC2)cc1C. The molecule has 4 nitrogen and oxygen atoms in total. The molecular weight excluding hydrogens is 220 g/mol. The Kier molecular flexibility index (Phi) is 2.73. The van der Waals surface area contributed by atoms with E-state index in [9.17, 15) is 9.90 Å². The second-order valence-corrected chi connectivity index (χ2v) is 4.69. The highest BCUT2D eigenvalue weighted by Gasteiger charge is 2.47. The lowest BCUT2D eigenvalue weighted by Crippen LogP contribution is -2.13. The van der Waals surface area contributed by atoms with Crippen LogP contribution in [0.2, 0.25) is 0 Å². The lowest BCUT2D eigenvalue weighted by atomic mass is 9.90. The first kappa shape index (κ1) is 11.8. The molecule has 0 heterocycles. The van der Waals surface area contributed by atoms with Crippen molar-refractivity contribution in [3.05, 3.63) is 23.3 Å². The Bertz CT molecular complexity index is 461. The fourth-order valence-electron chi connectivity index (χ4n) is 2.30. The van der Waals surface area contributed by atoms with Gasteiger partial charge in [0.1, 0.15) is 11.5 Å². The van der Waals surface area contributed by atoms with Gasteiger partial charge in [0.05, 0.1) is 13.5 Å². The monoisotopic (exact) mass is 236 g/mol. The van der Waals surface area contributed by atoms with E-state index in [1.54, 1.807) is 13.2 Å². The maximum absolute atomic E-state index is 10.8. The number of carboxylic acid groups (broad SMARTS) is 1. The van der Waals surface area contributed by atoms with Crippen LogP contribution in [0.1, 0.15) is 30.4 Å². The summed E-state index contributed by atoms with van der Waals surface area (Å²) in [6.07, 6.45) is 1.71. The predicted octanol–water partition coefficient (Wildman–Crippen LogP) is 2.22. The Hall–Kier alpha value is -1.71. The summed E-state index contributed by atoms with van der Waals surface area (Å²) in [5.41, 5.74) is 1.28. The number of phenolic OH excluding ortho intramolecular Hbond substituents is 1. The molecule has 0 amide bonds. The number of carbonyl (C=O) groups is 1. The molecule has 0 radical (unpaired) electrons. The molecule has 0 atom stereocenters. The second kappa shape index (κ2) is 3.95. The highest BCUT2D eigenvalue weighted by atomic mass is 16.5. The van der Waals surface area contributed by atoms with Crippen molar-refractivity contribution < 1.29 is 19.7 Å². The molecule has 2 rings (SSSR count). The van der Waals surface area contributed by atoms with E-state index in [0.29, 0.717) is 5.75 Å². The van der Waals surface area contributed by atoms with Gasteiger partial charge in [0.15, 0.2) is 0 Å². The van der Waals surface area contributed by atoms with Crippen LogP contribution in [-0.4, -0.2) is 23.3 Å². The van der Waals surface area contributed by atoms with Gasteiger partial charge in [0.25, 0.3) is 0 Å². The van der Waals surface area contributed by atoms with Gasteiger partial charge in [-0.15, -0.1) is 0 Å². The van der Waals surface area contributed by atoms with Crippen LogP contribution in [0, 0.1) is 6.92 Å². The van der Waals surface area contributed by atoms with Crippen LogP contribution in [0.3, 0.4) is 0 Å². The van der Waals surface area contributed by atoms with Crippen LogP contribution < -0.4 is 4.74 Å². The second-order valence-electron chi connectivity index (χ2n) is 4.69. The van der Waals surface area contributed by atoms with Gasteiger partial charge in [0.2, 0.25) is 0 Å². The first-order valence-electron chi connectivity index (χ1n) is 5.58. The molecule has 0 aromatic heterocycles. The van der Waals surface area contributed by atoms with E-state index in [1.165, 1.54) is 0 Å². The summed E-state index contributed by atoms with van der Waals surface area (Å²) in [4.78, 5) is 10.8. The number of hydrogen-bond acceptors (Lipinski definition) is 3. The van der Waals surface area contributed by atoms with E-state index >= 15 is 0 Å². The third-order valence-electron chi connectivity index (χ3n) is 3.43. The minimum atomic E-state index is -0.824. The molecule has 1 aliphatic rings. The summed E-state index contributed by atoms with van der Waals surface area (Å²) in [5.74, 6) is -0.0704. The van der Waals surface area contributed by atoms with E-state index in [-0.39, 0.29) is 17.6 Å². The van der Waals surface area contributed by atoms with Crippen molar-refractivity contribution in [1.82, 2.24) is 0 Å². The van der Waals surface area contributed by atoms with Crippen molar-refractivity contribution >= 4 is 5.97 Å². The Labute approximate surface area is 99.8 Å².